The molecule has 10 aromatic carbocycles. The van der Waals surface area contributed by atoms with Crippen molar-refractivity contribution in [1.82, 2.24) is 69.0 Å². The molecule has 8 amide bonds. The molecule has 34 heteroatoms. The molecule has 0 saturated carbocycles. The highest BCUT2D eigenvalue weighted by Gasteiger charge is 2.25. The number of azide groups is 1. The highest BCUT2D eigenvalue weighted by Crippen LogP contribution is 2.26. The van der Waals surface area contributed by atoms with E-state index in [1.807, 2.05) is 155 Å². The zero-order chi connectivity index (χ0) is 88.4. The molecule has 0 aliphatic heterocycles. The molecule has 6 aromatic heterocycles. The second kappa shape index (κ2) is 40.9. The maximum absolute atomic E-state index is 14.5. The molecule has 0 bridgehead atoms. The third kappa shape index (κ3) is 21.9. The lowest BCUT2D eigenvalue weighted by molar-refractivity contribution is 0.101. The van der Waals surface area contributed by atoms with E-state index in [0.717, 1.165) is 26.9 Å². The van der Waals surface area contributed by atoms with E-state index in [9.17, 15) is 42.7 Å². The third-order valence-corrected chi connectivity index (χ3v) is 18.4. The molecule has 6 heterocycles. The Hall–Kier alpha value is -18.4. The fraction of sp³-hybridized carbons (Fsp3) is 0.0435. The molecule has 0 fully saturated rings. The topological polar surface area (TPSA) is 430 Å². The van der Waals surface area contributed by atoms with Gasteiger partial charge in [-0.2, -0.15) is 38.7 Å². The molecule has 0 spiro atoms. The maximum atomic E-state index is 14.5. The minimum Gasteiger partial charge on any atom is -0.290 e. The first-order chi connectivity index (χ1) is 61.2. The van der Waals surface area contributed by atoms with Gasteiger partial charge in [-0.15, -0.1) is 26.8 Å². The number of aromatic nitrogens is 14. The molecule has 0 aliphatic rings. The largest absolute Gasteiger partial charge is 0.290 e. The quantitative estimate of drug-likeness (QED) is 0.0143. The second-order valence-corrected chi connectivity index (χ2v) is 27.0. The number of hydrogen-bond donors (Lipinski definition) is 8. The van der Waals surface area contributed by atoms with Gasteiger partial charge in [0, 0.05) is 85.5 Å². The molecule has 126 heavy (non-hydrogen) atoms. The fourth-order valence-electron chi connectivity index (χ4n) is 12.0. The minimum atomic E-state index is -0.555. The molecular weight excluding hydrogens is 1600 g/mol. The number of amides is 8. The van der Waals surface area contributed by atoms with E-state index >= 15 is 0 Å². The molecule has 0 saturated heterocycles. The molecule has 8 N–H and O–H groups in total. The van der Waals surface area contributed by atoms with Crippen LogP contribution in [-0.2, 0) is 0 Å². The van der Waals surface area contributed by atoms with E-state index < -0.39 is 29.4 Å². The molecule has 0 radical (unpaired) electrons. The number of anilines is 8. The molecular formula is C92H72FN25O8. The summed E-state index contributed by atoms with van der Waals surface area (Å²) in [5, 5.41) is 42.3. The number of rotatable bonds is 21. The Balaban J connectivity index is 0.000000144. The average Bonchev–Trinajstić information content (AvgIpc) is 1.68. The van der Waals surface area contributed by atoms with Gasteiger partial charge in [0.25, 0.3) is 71.1 Å². The van der Waals surface area contributed by atoms with Crippen molar-refractivity contribution in [2.75, 3.05) is 42.5 Å². The van der Waals surface area contributed by atoms with Crippen molar-refractivity contribution in [2.24, 2.45) is 5.11 Å². The van der Waals surface area contributed by atoms with Crippen LogP contribution < -0.4 is 42.5 Å². The van der Waals surface area contributed by atoms with Gasteiger partial charge in [-0.1, -0.05) is 163 Å². The van der Waals surface area contributed by atoms with Crippen molar-refractivity contribution in [3.63, 3.8) is 0 Å². The number of hydrogen-bond acceptors (Lipinski definition) is 19. The van der Waals surface area contributed by atoms with Crippen molar-refractivity contribution < 1.29 is 42.7 Å². The molecule has 0 aliphatic carbocycles. The summed E-state index contributed by atoms with van der Waals surface area (Å²) in [7, 11) is 0. The predicted octanol–water partition coefficient (Wildman–Crippen LogP) is 16.2. The molecule has 0 atom stereocenters. The van der Waals surface area contributed by atoms with Gasteiger partial charge in [0.1, 0.15) is 11.5 Å². The van der Waals surface area contributed by atoms with Crippen LogP contribution in [0.1, 0.15) is 111 Å². The molecule has 0 unspecified atom stereocenters. The smallest absolute Gasteiger partial charge is 0.258 e. The molecule has 16 aromatic rings. The van der Waals surface area contributed by atoms with Crippen LogP contribution in [0.25, 0.3) is 33.2 Å². The first-order valence-electron chi connectivity index (χ1n) is 38.3. The number of aryl methyl sites for hydroxylation is 4. The number of carbonyl (C=O) groups excluding carboxylic acids is 8. The SMILES string of the molecule is C#Cc1ccc(C(=O)Nc2nc(NC(=O)c3ccc(N=[N+]=[N-])cc3)n(-c3ccccc3)n2)cc1.Cc1ccccc1C(=O)Nc1nc(NC(=O)c2ccccc2C)n(-c2ccccc2)n1.Cc1ccccc1C(=O)Nc1nc(NC(=O)c2ccccc2C)n(-c2ccccc2F)n1.O=C(Nc1nc(NC(=O)c2ccncc2)n(-c2ccccc2)n1)c1ccncc1. The molecule has 620 valence electrons. The third-order valence-electron chi connectivity index (χ3n) is 18.4. The summed E-state index contributed by atoms with van der Waals surface area (Å²) in [6.45, 7) is 7.35. The van der Waals surface area contributed by atoms with E-state index in [-0.39, 0.29) is 76.9 Å². The van der Waals surface area contributed by atoms with Crippen LogP contribution >= 0.6 is 0 Å². The number of nitrogens with zero attached hydrogens (tertiary/aromatic N) is 17. The number of terminal acetylenes is 1. The number of carbonyl (C=O) groups is 8. The predicted molar refractivity (Wildman–Crippen MR) is 472 cm³/mol. The highest BCUT2D eigenvalue weighted by atomic mass is 19.1. The summed E-state index contributed by atoms with van der Waals surface area (Å²) in [6.07, 6.45) is 11.4. The maximum Gasteiger partial charge on any atom is 0.258 e. The Morgan fingerprint density at radius 1 is 0.325 bits per heavy atom. The van der Waals surface area contributed by atoms with Gasteiger partial charge in [0.2, 0.25) is 23.8 Å². The monoisotopic (exact) mass is 1670 g/mol. The summed E-state index contributed by atoms with van der Waals surface area (Å²) in [5.41, 5.74) is 18.4. The standard InChI is InChI=1S/C24H20FN5O2.C24H16N8O2.C24H21N5O2.C20H15N7O2/c1-15-9-3-5-11-17(15)21(31)26-23-28-24(27-22(32)18-12-6-4-10-16(18)2)30(29-23)20-14-8-7-13-19(20)25;1-2-16-8-10-17(11-9-16)21(33)26-23-28-24(32(30-23)20-6-4-3-5-7-20)27-22(34)18-12-14-19(15-13-18)29-31-25;1-16-10-6-8-14-19(16)21(30)25-23-27-24(29(28-23)18-12-4-3-5-13-18)26-22(31)20-15-9-7-11-17(20)2;28-17(14-6-10-21-11-7-14)23-19-25-20(24-18(29)15-8-12-22-13-9-15)27(26-19)16-4-2-1-3-5-16/h3-14H,1-2H3,(H2,26,27,28,29,31,32);1,3-15H,(H2,26,27,28,30,33,34);3-15H,1-2H3,(H2,25,26,27,28,30,31);1-13H,(H2,23,24,25,26,28,29). The van der Waals surface area contributed by atoms with Gasteiger partial charge in [-0.05, 0) is 189 Å². The fourth-order valence-corrected chi connectivity index (χ4v) is 12.0. The highest BCUT2D eigenvalue weighted by molar-refractivity contribution is 6.09. The van der Waals surface area contributed by atoms with Crippen LogP contribution in [0.5, 0.6) is 0 Å². The van der Waals surface area contributed by atoms with E-state index in [1.165, 1.54) is 75.2 Å². The van der Waals surface area contributed by atoms with Gasteiger partial charge >= 0.3 is 0 Å². The molecule has 33 nitrogen and oxygen atoms in total. The normalized spacial score (nSPS) is 10.3. The van der Waals surface area contributed by atoms with E-state index in [0.29, 0.717) is 72.8 Å². The first-order valence-corrected chi connectivity index (χ1v) is 38.3. The van der Waals surface area contributed by atoms with Gasteiger partial charge in [0.05, 0.1) is 17.1 Å². The lowest BCUT2D eigenvalue weighted by Crippen LogP contribution is -2.17. The number of pyridine rings is 2. The van der Waals surface area contributed by atoms with E-state index in [4.69, 9.17) is 12.0 Å². The number of para-hydroxylation sites is 4. The summed E-state index contributed by atoms with van der Waals surface area (Å²) in [4.78, 5) is 129. The summed E-state index contributed by atoms with van der Waals surface area (Å²) >= 11 is 0. The Bertz CT molecular complexity index is 6740. The summed E-state index contributed by atoms with van der Waals surface area (Å²) in [5.74, 6) is -0.627. The van der Waals surface area contributed by atoms with Crippen molar-refractivity contribution in [3.05, 3.63) is 398 Å². The number of halogens is 1. The number of nitrogens with one attached hydrogen (secondary N) is 8. The zero-order valence-electron chi connectivity index (χ0n) is 67.3. The lowest BCUT2D eigenvalue weighted by atomic mass is 10.1. The van der Waals surface area contributed by atoms with Gasteiger partial charge in [-0.3, -0.25) is 90.9 Å². The first kappa shape index (κ1) is 85.5. The summed E-state index contributed by atoms with van der Waals surface area (Å²) in [6, 6.07) is 81.0. The van der Waals surface area contributed by atoms with Gasteiger partial charge in [0.15, 0.2) is 0 Å². The van der Waals surface area contributed by atoms with Gasteiger partial charge < -0.3 is 0 Å². The van der Waals surface area contributed by atoms with Crippen LogP contribution in [0, 0.1) is 45.9 Å². The van der Waals surface area contributed by atoms with E-state index in [2.05, 4.69) is 109 Å². The second-order valence-electron chi connectivity index (χ2n) is 27.0. The lowest BCUT2D eigenvalue weighted by Gasteiger charge is -2.09. The van der Waals surface area contributed by atoms with Crippen molar-refractivity contribution in [2.45, 2.75) is 27.7 Å². The van der Waals surface area contributed by atoms with Crippen molar-refractivity contribution >= 4 is 101 Å². The van der Waals surface area contributed by atoms with E-state index in [1.54, 1.807) is 121 Å². The van der Waals surface area contributed by atoms with Crippen LogP contribution in [-0.4, -0.2) is 116 Å². The van der Waals surface area contributed by atoms with Crippen molar-refractivity contribution in [1.29, 1.82) is 0 Å². The van der Waals surface area contributed by atoms with Crippen LogP contribution in [0.2, 0.25) is 0 Å². The Morgan fingerprint density at radius 2 is 0.595 bits per heavy atom. The average molecular weight is 1670 g/mol. The minimum absolute atomic E-state index is 0.00360. The zero-order valence-corrected chi connectivity index (χ0v) is 67.3. The van der Waals surface area contributed by atoms with Crippen LogP contribution in [0.4, 0.5) is 57.7 Å². The molecule has 16 rings (SSSR count). The van der Waals surface area contributed by atoms with Gasteiger partial charge in [-0.25, -0.2) is 4.39 Å². The van der Waals surface area contributed by atoms with Crippen molar-refractivity contribution in [3.8, 4) is 35.1 Å². The number of benzene rings is 10. The van der Waals surface area contributed by atoms with Crippen LogP contribution in [0.15, 0.2) is 315 Å². The Kier molecular flexibility index (Phi) is 27.7. The van der Waals surface area contributed by atoms with Crippen LogP contribution in [0.3, 0.4) is 0 Å². The Morgan fingerprint density at radius 3 is 0.929 bits per heavy atom. The Labute approximate surface area is 717 Å². The summed E-state index contributed by atoms with van der Waals surface area (Å²) < 4.78 is 20.0.